The molecular formula is C15H19ClN2O4. The number of carboxylic acid groups (broad SMARTS) is 1. The number of nitrogens with one attached hydrogen (secondary N) is 1. The Bertz CT molecular complexity index is 579. The topological polar surface area (TPSA) is 78.9 Å². The van der Waals surface area contributed by atoms with E-state index < -0.39 is 11.9 Å². The highest BCUT2D eigenvalue weighted by atomic mass is 35.5. The fourth-order valence-electron chi connectivity index (χ4n) is 2.67. The number of carbonyl (C=O) groups is 2. The third-order valence-corrected chi connectivity index (χ3v) is 3.93. The molecule has 22 heavy (non-hydrogen) atoms. The third-order valence-electron chi connectivity index (χ3n) is 3.70. The highest BCUT2D eigenvalue weighted by Crippen LogP contribution is 2.29. The molecule has 0 spiro atoms. The Morgan fingerprint density at radius 1 is 1.41 bits per heavy atom. The fourth-order valence-corrected chi connectivity index (χ4v) is 2.84. The van der Waals surface area contributed by atoms with Crippen molar-refractivity contribution in [1.82, 2.24) is 4.90 Å². The molecule has 1 fully saturated rings. The molecule has 2 unspecified atom stereocenters. The maximum Gasteiger partial charge on any atom is 0.321 e. The van der Waals surface area contributed by atoms with Crippen molar-refractivity contribution >= 4 is 29.3 Å². The summed E-state index contributed by atoms with van der Waals surface area (Å²) in [5.41, 5.74) is 0.463. The Kier molecular flexibility index (Phi) is 5.13. The highest BCUT2D eigenvalue weighted by Gasteiger charge is 2.32. The molecule has 0 radical (unpaired) electrons. The van der Waals surface area contributed by atoms with Crippen LogP contribution in [0.4, 0.5) is 10.5 Å². The van der Waals surface area contributed by atoms with Crippen molar-refractivity contribution < 1.29 is 19.4 Å². The summed E-state index contributed by atoms with van der Waals surface area (Å²) in [6.45, 7) is 2.67. The summed E-state index contributed by atoms with van der Waals surface area (Å²) in [6.07, 6.45) is 0.583. The number of aliphatic carboxylic acids is 1. The van der Waals surface area contributed by atoms with E-state index >= 15 is 0 Å². The third kappa shape index (κ3) is 3.82. The van der Waals surface area contributed by atoms with Gasteiger partial charge < -0.3 is 20.1 Å². The summed E-state index contributed by atoms with van der Waals surface area (Å²) >= 11 is 5.93. The molecule has 1 heterocycles. The minimum absolute atomic E-state index is 0.141. The largest absolute Gasteiger partial charge is 0.495 e. The molecule has 2 N–H and O–H groups in total. The number of rotatable bonds is 3. The molecule has 1 saturated heterocycles. The summed E-state index contributed by atoms with van der Waals surface area (Å²) in [4.78, 5) is 25.1. The molecule has 0 aromatic heterocycles. The molecule has 1 aliphatic heterocycles. The van der Waals surface area contributed by atoms with Gasteiger partial charge in [-0.3, -0.25) is 4.79 Å². The Labute approximate surface area is 134 Å². The normalized spacial score (nSPS) is 21.3. The molecule has 0 bridgehead atoms. The number of amides is 2. The number of ether oxygens (including phenoxy) is 1. The number of benzene rings is 1. The second kappa shape index (κ2) is 6.87. The number of methoxy groups -OCH3 is 1. The zero-order valence-electron chi connectivity index (χ0n) is 12.5. The molecule has 0 saturated carbocycles. The average molecular weight is 327 g/mol. The van der Waals surface area contributed by atoms with Crippen LogP contribution in [-0.4, -0.2) is 42.2 Å². The monoisotopic (exact) mass is 326 g/mol. The summed E-state index contributed by atoms with van der Waals surface area (Å²) in [5, 5.41) is 12.4. The van der Waals surface area contributed by atoms with Crippen molar-refractivity contribution in [2.75, 3.05) is 25.5 Å². The van der Waals surface area contributed by atoms with E-state index in [1.54, 1.807) is 18.2 Å². The van der Waals surface area contributed by atoms with Gasteiger partial charge in [-0.15, -0.1) is 0 Å². The molecule has 7 heteroatoms. The van der Waals surface area contributed by atoms with Crippen LogP contribution in [0.15, 0.2) is 18.2 Å². The van der Waals surface area contributed by atoms with Gasteiger partial charge in [0.15, 0.2) is 0 Å². The number of likely N-dealkylation sites (tertiary alicyclic amines) is 1. The van der Waals surface area contributed by atoms with Gasteiger partial charge in [-0.1, -0.05) is 18.5 Å². The first-order valence-electron chi connectivity index (χ1n) is 7.03. The van der Waals surface area contributed by atoms with Gasteiger partial charge in [0.05, 0.1) is 18.7 Å². The predicted molar refractivity (Wildman–Crippen MR) is 83.5 cm³/mol. The van der Waals surface area contributed by atoms with E-state index in [-0.39, 0.29) is 18.5 Å². The van der Waals surface area contributed by atoms with Crippen LogP contribution in [0.2, 0.25) is 5.02 Å². The van der Waals surface area contributed by atoms with Crippen LogP contribution in [0.25, 0.3) is 0 Å². The number of nitrogens with zero attached hydrogens (tertiary/aromatic N) is 1. The molecule has 2 rings (SSSR count). The quantitative estimate of drug-likeness (QED) is 0.895. The minimum Gasteiger partial charge on any atom is -0.495 e. The standard InChI is InChI=1S/C15H19ClN2O4/c1-9-5-10(14(19)20)8-18(7-9)15(21)17-12-6-11(16)3-4-13(12)22-2/h3-4,6,9-10H,5,7-8H2,1-2H3,(H,17,21)(H,19,20). The van der Waals surface area contributed by atoms with Crippen molar-refractivity contribution in [3.05, 3.63) is 23.2 Å². The first kappa shape index (κ1) is 16.4. The molecule has 2 amide bonds. The van der Waals surface area contributed by atoms with Crippen molar-refractivity contribution in [3.8, 4) is 5.75 Å². The van der Waals surface area contributed by atoms with Gasteiger partial charge in [-0.2, -0.15) is 0 Å². The van der Waals surface area contributed by atoms with Crippen molar-refractivity contribution in [2.24, 2.45) is 11.8 Å². The predicted octanol–water partition coefficient (Wildman–Crippen LogP) is 2.92. The van der Waals surface area contributed by atoms with E-state index in [1.165, 1.54) is 12.0 Å². The lowest BCUT2D eigenvalue weighted by Crippen LogP contribution is -2.47. The smallest absolute Gasteiger partial charge is 0.321 e. The second-order valence-corrected chi connectivity index (χ2v) is 5.99. The Balaban J connectivity index is 2.11. The lowest BCUT2D eigenvalue weighted by atomic mass is 9.91. The second-order valence-electron chi connectivity index (χ2n) is 5.56. The number of urea groups is 1. The maximum atomic E-state index is 12.4. The van der Waals surface area contributed by atoms with Crippen LogP contribution < -0.4 is 10.1 Å². The number of hydrogen-bond donors (Lipinski definition) is 2. The van der Waals surface area contributed by atoms with E-state index in [1.807, 2.05) is 6.92 Å². The van der Waals surface area contributed by atoms with Crippen molar-refractivity contribution in [3.63, 3.8) is 0 Å². The summed E-state index contributed by atoms with van der Waals surface area (Å²) < 4.78 is 5.18. The Morgan fingerprint density at radius 2 is 2.14 bits per heavy atom. The summed E-state index contributed by atoms with van der Waals surface area (Å²) in [5.74, 6) is -0.764. The van der Waals surface area contributed by atoms with Gasteiger partial charge in [-0.05, 0) is 30.5 Å². The number of anilines is 1. The molecule has 1 aromatic rings. The average Bonchev–Trinajstić information content (AvgIpc) is 2.46. The van der Waals surface area contributed by atoms with Gasteiger partial charge >= 0.3 is 12.0 Å². The van der Waals surface area contributed by atoms with Gasteiger partial charge in [0.1, 0.15) is 5.75 Å². The molecule has 1 aromatic carbocycles. The van der Waals surface area contributed by atoms with E-state index in [9.17, 15) is 9.59 Å². The minimum atomic E-state index is -0.871. The SMILES string of the molecule is COc1ccc(Cl)cc1NC(=O)N1CC(C)CC(C(=O)O)C1. The molecular weight excluding hydrogens is 308 g/mol. The molecule has 0 aliphatic carbocycles. The van der Waals surface area contributed by atoms with Crippen LogP contribution in [0, 0.1) is 11.8 Å². The molecule has 6 nitrogen and oxygen atoms in total. The number of halogens is 1. The zero-order valence-corrected chi connectivity index (χ0v) is 13.3. The van der Waals surface area contributed by atoms with Crippen LogP contribution in [0.5, 0.6) is 5.75 Å². The maximum absolute atomic E-state index is 12.4. The van der Waals surface area contributed by atoms with Crippen LogP contribution in [0.3, 0.4) is 0 Å². The number of hydrogen-bond acceptors (Lipinski definition) is 3. The number of carboxylic acids is 1. The molecule has 1 aliphatic rings. The first-order valence-corrected chi connectivity index (χ1v) is 7.40. The van der Waals surface area contributed by atoms with E-state index in [0.29, 0.717) is 29.4 Å². The van der Waals surface area contributed by atoms with Gasteiger partial charge in [0, 0.05) is 18.1 Å². The summed E-state index contributed by atoms with van der Waals surface area (Å²) in [6, 6.07) is 4.58. The number of carbonyl (C=O) groups excluding carboxylic acids is 1. The molecule has 120 valence electrons. The van der Waals surface area contributed by atoms with Crippen LogP contribution >= 0.6 is 11.6 Å². The van der Waals surface area contributed by atoms with E-state index in [0.717, 1.165) is 0 Å². The first-order chi connectivity index (χ1) is 10.4. The van der Waals surface area contributed by atoms with E-state index in [4.69, 9.17) is 21.4 Å². The Hall–Kier alpha value is -1.95. The highest BCUT2D eigenvalue weighted by molar-refractivity contribution is 6.31. The van der Waals surface area contributed by atoms with Gasteiger partial charge in [-0.25, -0.2) is 4.79 Å². The zero-order chi connectivity index (χ0) is 16.3. The molecule has 2 atom stereocenters. The van der Waals surface area contributed by atoms with Crippen molar-refractivity contribution in [1.29, 1.82) is 0 Å². The van der Waals surface area contributed by atoms with Crippen LogP contribution in [0.1, 0.15) is 13.3 Å². The van der Waals surface area contributed by atoms with E-state index in [2.05, 4.69) is 5.32 Å². The fraction of sp³-hybridized carbons (Fsp3) is 0.467. The number of piperidine rings is 1. The van der Waals surface area contributed by atoms with Crippen molar-refractivity contribution in [2.45, 2.75) is 13.3 Å². The van der Waals surface area contributed by atoms with Crippen LogP contribution in [-0.2, 0) is 4.79 Å². The van der Waals surface area contributed by atoms with Gasteiger partial charge in [0.25, 0.3) is 0 Å². The lowest BCUT2D eigenvalue weighted by Gasteiger charge is -2.34. The Morgan fingerprint density at radius 3 is 2.77 bits per heavy atom. The lowest BCUT2D eigenvalue weighted by molar-refractivity contribution is -0.143. The van der Waals surface area contributed by atoms with Gasteiger partial charge in [0.2, 0.25) is 0 Å². The summed E-state index contributed by atoms with van der Waals surface area (Å²) in [7, 11) is 1.50.